The van der Waals surface area contributed by atoms with Crippen LogP contribution in [-0.4, -0.2) is 11.7 Å². The number of hydrogen-bond acceptors (Lipinski definition) is 2. The third kappa shape index (κ3) is 4.47. The zero-order chi connectivity index (χ0) is 14.1. The summed E-state index contributed by atoms with van der Waals surface area (Å²) < 4.78 is 0. The van der Waals surface area contributed by atoms with Crippen LogP contribution in [0.15, 0.2) is 37.4 Å². The smallest absolute Gasteiger partial charge is 0.124 e. The molecule has 1 aromatic rings. The molecular weight excluding hydrogens is 234 g/mol. The summed E-state index contributed by atoms with van der Waals surface area (Å²) in [6.07, 6.45) is 8.58. The molecule has 0 fully saturated rings. The molecule has 1 rings (SSSR count). The predicted molar refractivity (Wildman–Crippen MR) is 83.9 cm³/mol. The fourth-order valence-corrected chi connectivity index (χ4v) is 2.12. The zero-order valence-electron chi connectivity index (χ0n) is 11.9. The Morgan fingerprint density at radius 2 is 1.89 bits per heavy atom. The molecule has 1 aromatic carbocycles. The highest BCUT2D eigenvalue weighted by atomic mass is 16.3. The maximum Gasteiger partial charge on any atom is 0.124 e. The Labute approximate surface area is 116 Å². The van der Waals surface area contributed by atoms with Gasteiger partial charge in [-0.25, -0.2) is 0 Å². The van der Waals surface area contributed by atoms with Crippen LogP contribution in [0.4, 0.5) is 5.69 Å². The lowest BCUT2D eigenvalue weighted by Crippen LogP contribution is -2.05. The van der Waals surface area contributed by atoms with Crippen molar-refractivity contribution in [1.29, 1.82) is 0 Å². The lowest BCUT2D eigenvalue weighted by Gasteiger charge is -2.15. The number of unbranched alkanes of at least 4 members (excludes halogenated alkanes) is 2. The van der Waals surface area contributed by atoms with Gasteiger partial charge in [0.25, 0.3) is 0 Å². The maximum atomic E-state index is 10.3. The normalized spacial score (nSPS) is 10.2. The van der Waals surface area contributed by atoms with Crippen molar-refractivity contribution in [2.75, 3.05) is 11.9 Å². The summed E-state index contributed by atoms with van der Waals surface area (Å²) in [5, 5.41) is 13.7. The van der Waals surface area contributed by atoms with Gasteiger partial charge >= 0.3 is 0 Å². The first-order valence-corrected chi connectivity index (χ1v) is 7.04. The molecule has 0 aliphatic carbocycles. The average molecular weight is 259 g/mol. The van der Waals surface area contributed by atoms with Crippen molar-refractivity contribution in [1.82, 2.24) is 0 Å². The van der Waals surface area contributed by atoms with E-state index in [1.807, 2.05) is 18.2 Å². The van der Waals surface area contributed by atoms with Gasteiger partial charge in [-0.05, 0) is 30.9 Å². The third-order valence-corrected chi connectivity index (χ3v) is 3.17. The summed E-state index contributed by atoms with van der Waals surface area (Å²) in [6.45, 7) is 10.6. The van der Waals surface area contributed by atoms with E-state index in [4.69, 9.17) is 0 Å². The second-order valence-corrected chi connectivity index (χ2v) is 4.72. The molecule has 2 N–H and O–H groups in total. The highest BCUT2D eigenvalue weighted by Gasteiger charge is 2.10. The van der Waals surface area contributed by atoms with E-state index in [-0.39, 0.29) is 0 Å². The van der Waals surface area contributed by atoms with Crippen molar-refractivity contribution < 1.29 is 5.11 Å². The minimum absolute atomic E-state index is 0.375. The van der Waals surface area contributed by atoms with Crippen LogP contribution >= 0.6 is 0 Å². The maximum absolute atomic E-state index is 10.3. The summed E-state index contributed by atoms with van der Waals surface area (Å²) in [7, 11) is 0. The van der Waals surface area contributed by atoms with Crippen molar-refractivity contribution in [3.63, 3.8) is 0 Å². The molecule has 0 atom stereocenters. The predicted octanol–water partition coefficient (Wildman–Crippen LogP) is 4.45. The molecule has 0 radical (unpaired) electrons. The molecule has 19 heavy (non-hydrogen) atoms. The number of benzene rings is 1. The van der Waals surface area contributed by atoms with Crippen molar-refractivity contribution in [3.05, 3.63) is 48.6 Å². The number of allylic oxidation sites excluding steroid dienone is 2. The molecule has 0 aliphatic rings. The summed E-state index contributed by atoms with van der Waals surface area (Å²) in [5.74, 6) is 0.375. The van der Waals surface area contributed by atoms with E-state index in [0.29, 0.717) is 18.6 Å². The molecule has 0 bridgehead atoms. The van der Waals surface area contributed by atoms with E-state index in [1.54, 1.807) is 6.08 Å². The van der Waals surface area contributed by atoms with E-state index >= 15 is 0 Å². The molecule has 0 spiro atoms. The quantitative estimate of drug-likeness (QED) is 0.507. The van der Waals surface area contributed by atoms with Gasteiger partial charge in [-0.2, -0.15) is 0 Å². The first-order valence-electron chi connectivity index (χ1n) is 7.04. The van der Waals surface area contributed by atoms with Crippen molar-refractivity contribution >= 4 is 5.69 Å². The summed E-state index contributed by atoms with van der Waals surface area (Å²) in [6, 6.07) is 4.01. The van der Waals surface area contributed by atoms with E-state index < -0.39 is 0 Å². The summed E-state index contributed by atoms with van der Waals surface area (Å²) >= 11 is 0. The third-order valence-electron chi connectivity index (χ3n) is 3.17. The molecule has 0 saturated carbocycles. The Morgan fingerprint density at radius 1 is 1.16 bits per heavy atom. The van der Waals surface area contributed by atoms with Crippen LogP contribution < -0.4 is 5.32 Å². The van der Waals surface area contributed by atoms with Crippen molar-refractivity contribution in [3.8, 4) is 5.75 Å². The topological polar surface area (TPSA) is 32.3 Å². The second-order valence-electron chi connectivity index (χ2n) is 4.72. The van der Waals surface area contributed by atoms with Crippen LogP contribution in [0.2, 0.25) is 0 Å². The average Bonchev–Trinajstić information content (AvgIpc) is 2.41. The van der Waals surface area contributed by atoms with E-state index in [2.05, 4.69) is 25.4 Å². The van der Waals surface area contributed by atoms with Crippen LogP contribution in [0, 0.1) is 0 Å². The molecular formula is C17H25NO. The van der Waals surface area contributed by atoms with Gasteiger partial charge < -0.3 is 10.4 Å². The first-order chi connectivity index (χ1) is 9.24. The number of hydrogen-bond donors (Lipinski definition) is 2. The monoisotopic (exact) mass is 259 g/mol. The van der Waals surface area contributed by atoms with Gasteiger partial charge in [-0.1, -0.05) is 38.0 Å². The van der Waals surface area contributed by atoms with Gasteiger partial charge in [0, 0.05) is 17.8 Å². The fraction of sp³-hybridized carbons (Fsp3) is 0.412. The van der Waals surface area contributed by atoms with E-state index in [9.17, 15) is 5.11 Å². The molecule has 2 nitrogen and oxygen atoms in total. The number of rotatable bonds is 9. The minimum atomic E-state index is 0.375. The highest BCUT2D eigenvalue weighted by molar-refractivity contribution is 5.61. The Balaban J connectivity index is 2.86. The van der Waals surface area contributed by atoms with Gasteiger partial charge in [0.05, 0.1) is 0 Å². The first kappa shape index (κ1) is 15.4. The SMILES string of the molecule is C=CCc1ccc(NCCCCC)c(CC=C)c1O. The fourth-order valence-electron chi connectivity index (χ4n) is 2.12. The lowest BCUT2D eigenvalue weighted by atomic mass is 10.0. The highest BCUT2D eigenvalue weighted by Crippen LogP contribution is 2.31. The molecule has 0 saturated heterocycles. The van der Waals surface area contributed by atoms with Gasteiger partial charge in [-0.15, -0.1) is 13.2 Å². The second kappa shape index (κ2) is 8.41. The molecule has 104 valence electrons. The molecule has 0 aromatic heterocycles. The number of phenols is 1. The summed E-state index contributed by atoms with van der Waals surface area (Å²) in [5.41, 5.74) is 2.87. The van der Waals surface area contributed by atoms with Gasteiger partial charge in [0.1, 0.15) is 5.75 Å². The van der Waals surface area contributed by atoms with Crippen LogP contribution in [0.1, 0.15) is 37.3 Å². The Morgan fingerprint density at radius 3 is 2.53 bits per heavy atom. The molecule has 2 heteroatoms. The molecule has 0 unspecified atom stereocenters. The van der Waals surface area contributed by atoms with Crippen molar-refractivity contribution in [2.24, 2.45) is 0 Å². The van der Waals surface area contributed by atoms with Gasteiger partial charge in [-0.3, -0.25) is 0 Å². The summed E-state index contributed by atoms with van der Waals surface area (Å²) in [4.78, 5) is 0. The lowest BCUT2D eigenvalue weighted by molar-refractivity contribution is 0.464. The Bertz CT molecular complexity index is 424. The van der Waals surface area contributed by atoms with E-state index in [1.165, 1.54) is 12.8 Å². The minimum Gasteiger partial charge on any atom is -0.507 e. The number of phenolic OH excluding ortho intramolecular Hbond substituents is 1. The van der Waals surface area contributed by atoms with E-state index in [0.717, 1.165) is 29.8 Å². The molecule has 0 aliphatic heterocycles. The number of aromatic hydroxyl groups is 1. The van der Waals surface area contributed by atoms with Crippen LogP contribution in [-0.2, 0) is 12.8 Å². The van der Waals surface area contributed by atoms with Crippen LogP contribution in [0.5, 0.6) is 5.75 Å². The van der Waals surface area contributed by atoms with Crippen molar-refractivity contribution in [2.45, 2.75) is 39.0 Å². The molecule has 0 amide bonds. The standard InChI is InChI=1S/C17H25NO/c1-4-7-8-13-18-16-12-11-14(9-5-2)17(19)15(16)10-6-3/h5-6,11-12,18-19H,2-4,7-10,13H2,1H3. The van der Waals surface area contributed by atoms with Gasteiger partial charge in [0.2, 0.25) is 0 Å². The van der Waals surface area contributed by atoms with Crippen LogP contribution in [0.3, 0.4) is 0 Å². The Hall–Kier alpha value is -1.70. The van der Waals surface area contributed by atoms with Gasteiger partial charge in [0.15, 0.2) is 0 Å². The largest absolute Gasteiger partial charge is 0.507 e. The van der Waals surface area contributed by atoms with Crippen LogP contribution in [0.25, 0.3) is 0 Å². The zero-order valence-corrected chi connectivity index (χ0v) is 11.9. The number of nitrogens with one attached hydrogen (secondary N) is 1. The Kier molecular flexibility index (Phi) is 6.80. The molecule has 0 heterocycles. The number of anilines is 1.